The van der Waals surface area contributed by atoms with Crippen LogP contribution in [0.25, 0.3) is 0 Å². The van der Waals surface area contributed by atoms with Gasteiger partial charge in [-0.15, -0.1) is 0 Å². The van der Waals surface area contributed by atoms with Crippen LogP contribution in [0.4, 0.5) is 18.9 Å². The molecule has 0 spiro atoms. The van der Waals surface area contributed by atoms with E-state index in [1.807, 2.05) is 0 Å². The molecule has 0 aromatic heterocycles. The first kappa shape index (κ1) is 20.3. The molecule has 0 aliphatic heterocycles. The number of alkyl halides is 3. The Morgan fingerprint density at radius 2 is 1.81 bits per heavy atom. The number of likely N-dealkylation sites (N-methyl/N-ethyl adjacent to an activating group) is 1. The van der Waals surface area contributed by atoms with Crippen LogP contribution >= 0.6 is 0 Å². The van der Waals surface area contributed by atoms with Crippen LogP contribution < -0.4 is 5.32 Å². The molecule has 144 valence electrons. The first-order valence-corrected chi connectivity index (χ1v) is 8.97. The quantitative estimate of drug-likeness (QED) is 0.804. The summed E-state index contributed by atoms with van der Waals surface area (Å²) in [5.41, 5.74) is -1.20. The van der Waals surface area contributed by atoms with Gasteiger partial charge < -0.3 is 10.2 Å². The monoisotopic (exact) mass is 370 g/mol. The van der Waals surface area contributed by atoms with Gasteiger partial charge >= 0.3 is 6.18 Å². The first-order chi connectivity index (χ1) is 12.3. The lowest BCUT2D eigenvalue weighted by molar-refractivity contribution is -0.137. The molecule has 1 aliphatic carbocycles. The molecule has 2 rings (SSSR count). The molecule has 1 saturated carbocycles. The average molecular weight is 370 g/mol. The van der Waals surface area contributed by atoms with Crippen molar-refractivity contribution in [1.29, 1.82) is 0 Å². The van der Waals surface area contributed by atoms with E-state index >= 15 is 0 Å². The second kappa shape index (κ2) is 9.05. The highest BCUT2D eigenvalue weighted by Gasteiger charge is 2.33. The molecule has 1 aliphatic rings. The fraction of sp³-hybridized carbons (Fsp3) is 0.579. The van der Waals surface area contributed by atoms with Crippen LogP contribution in [-0.2, 0) is 15.8 Å². The van der Waals surface area contributed by atoms with Crippen LogP contribution in [0.1, 0.15) is 50.5 Å². The largest absolute Gasteiger partial charge is 0.418 e. The van der Waals surface area contributed by atoms with Crippen LogP contribution in [0, 0.1) is 5.92 Å². The molecule has 1 fully saturated rings. The predicted octanol–water partition coefficient (Wildman–Crippen LogP) is 4.46. The third-order valence-corrected chi connectivity index (χ3v) is 4.80. The Kier molecular flexibility index (Phi) is 7.06. The number of benzene rings is 1. The van der Waals surface area contributed by atoms with Crippen molar-refractivity contribution in [3.05, 3.63) is 29.8 Å². The summed E-state index contributed by atoms with van der Waals surface area (Å²) in [7, 11) is 1.50. The highest BCUT2D eigenvalue weighted by atomic mass is 19.4. The van der Waals surface area contributed by atoms with Gasteiger partial charge in [-0.3, -0.25) is 9.59 Å². The molecule has 0 radical (unpaired) electrons. The molecule has 0 saturated heterocycles. The number of para-hydroxylation sites is 1. The van der Waals surface area contributed by atoms with E-state index in [4.69, 9.17) is 0 Å². The van der Waals surface area contributed by atoms with Crippen molar-refractivity contribution in [1.82, 2.24) is 4.90 Å². The van der Waals surface area contributed by atoms with E-state index in [1.54, 1.807) is 0 Å². The molecule has 0 atom stereocenters. The molecular formula is C19H25F3N2O2. The van der Waals surface area contributed by atoms with Crippen LogP contribution in [0.15, 0.2) is 24.3 Å². The van der Waals surface area contributed by atoms with Crippen LogP contribution in [0.5, 0.6) is 0 Å². The molecule has 4 nitrogen and oxygen atoms in total. The minimum absolute atomic E-state index is 0.158. The van der Waals surface area contributed by atoms with E-state index in [2.05, 4.69) is 5.32 Å². The predicted molar refractivity (Wildman–Crippen MR) is 93.5 cm³/mol. The number of nitrogens with zero attached hydrogens (tertiary/aromatic N) is 1. The maximum Gasteiger partial charge on any atom is 0.418 e. The maximum atomic E-state index is 13.0. The van der Waals surface area contributed by atoms with Gasteiger partial charge in [-0.2, -0.15) is 13.2 Å². The lowest BCUT2D eigenvalue weighted by Gasteiger charge is -2.23. The summed E-state index contributed by atoms with van der Waals surface area (Å²) in [4.78, 5) is 25.5. The van der Waals surface area contributed by atoms with Crippen molar-refractivity contribution in [3.63, 3.8) is 0 Å². The molecule has 0 bridgehead atoms. The lowest BCUT2D eigenvalue weighted by Crippen LogP contribution is -2.35. The number of carbonyl (C=O) groups excluding carboxylic acids is 2. The third-order valence-electron chi connectivity index (χ3n) is 4.80. The molecule has 1 aromatic carbocycles. The number of anilines is 1. The average Bonchev–Trinajstić information content (AvgIpc) is 2.60. The zero-order valence-corrected chi connectivity index (χ0v) is 14.9. The van der Waals surface area contributed by atoms with Crippen LogP contribution in [0.2, 0.25) is 0 Å². The Bertz CT molecular complexity index is 625. The third kappa shape index (κ3) is 6.04. The smallest absolute Gasteiger partial charge is 0.336 e. The van der Waals surface area contributed by atoms with Crippen molar-refractivity contribution >= 4 is 17.5 Å². The van der Waals surface area contributed by atoms with Crippen molar-refractivity contribution in [2.75, 3.05) is 18.9 Å². The Morgan fingerprint density at radius 1 is 1.15 bits per heavy atom. The zero-order chi connectivity index (χ0) is 19.2. The van der Waals surface area contributed by atoms with E-state index in [9.17, 15) is 22.8 Å². The molecule has 2 amide bonds. The molecular weight excluding hydrogens is 345 g/mol. The highest BCUT2D eigenvalue weighted by Crippen LogP contribution is 2.34. The Balaban J connectivity index is 1.84. The van der Waals surface area contributed by atoms with Crippen molar-refractivity contribution < 1.29 is 22.8 Å². The molecule has 7 heteroatoms. The van der Waals surface area contributed by atoms with E-state index in [-0.39, 0.29) is 18.1 Å². The number of hydrogen-bond donors (Lipinski definition) is 1. The summed E-state index contributed by atoms with van der Waals surface area (Å²) in [6, 6.07) is 4.80. The van der Waals surface area contributed by atoms with Gasteiger partial charge in [0.25, 0.3) is 0 Å². The maximum absolute atomic E-state index is 13.0. The van der Waals surface area contributed by atoms with Gasteiger partial charge in [-0.1, -0.05) is 44.2 Å². The lowest BCUT2D eigenvalue weighted by atomic mass is 9.86. The Labute approximate surface area is 151 Å². The number of rotatable bonds is 6. The number of halogens is 3. The molecule has 1 aromatic rings. The summed E-state index contributed by atoms with van der Waals surface area (Å²) in [5.74, 6) is -0.237. The number of hydrogen-bond acceptors (Lipinski definition) is 2. The number of nitrogens with one attached hydrogen (secondary N) is 1. The number of carbonyl (C=O) groups is 2. The zero-order valence-electron chi connectivity index (χ0n) is 14.9. The van der Waals surface area contributed by atoms with E-state index < -0.39 is 17.6 Å². The first-order valence-electron chi connectivity index (χ1n) is 8.97. The summed E-state index contributed by atoms with van der Waals surface area (Å²) < 4.78 is 38.9. The van der Waals surface area contributed by atoms with Crippen molar-refractivity contribution in [2.45, 2.75) is 51.1 Å². The molecule has 0 unspecified atom stereocenters. The van der Waals surface area contributed by atoms with Crippen LogP contribution in [0.3, 0.4) is 0 Å². The normalized spacial score (nSPS) is 15.5. The van der Waals surface area contributed by atoms with Gasteiger partial charge in [0.1, 0.15) is 0 Å². The Morgan fingerprint density at radius 3 is 2.46 bits per heavy atom. The standard InChI is InChI=1S/C19H25F3N2O2/c1-24(18(26)12-11-14-7-3-2-4-8-14)13-17(25)23-16-10-6-5-9-15(16)19(20,21)22/h5-6,9-10,14H,2-4,7-8,11-13H2,1H3,(H,23,25). The Hall–Kier alpha value is -2.05. The molecule has 0 heterocycles. The van der Waals surface area contributed by atoms with Crippen LogP contribution in [-0.4, -0.2) is 30.3 Å². The summed E-state index contributed by atoms with van der Waals surface area (Å²) in [6.45, 7) is -0.268. The van der Waals surface area contributed by atoms with Gasteiger partial charge in [-0.25, -0.2) is 0 Å². The van der Waals surface area contributed by atoms with Gasteiger partial charge in [0, 0.05) is 13.5 Å². The van der Waals surface area contributed by atoms with Gasteiger partial charge in [0.05, 0.1) is 17.8 Å². The van der Waals surface area contributed by atoms with Gasteiger partial charge in [-0.05, 0) is 24.5 Å². The summed E-state index contributed by atoms with van der Waals surface area (Å²) in [5, 5.41) is 2.26. The topological polar surface area (TPSA) is 49.4 Å². The highest BCUT2D eigenvalue weighted by molar-refractivity contribution is 5.95. The van der Waals surface area contributed by atoms with Gasteiger partial charge in [0.15, 0.2) is 0 Å². The number of amides is 2. The van der Waals surface area contributed by atoms with E-state index in [1.165, 1.54) is 49.4 Å². The minimum atomic E-state index is -4.55. The van der Waals surface area contributed by atoms with Crippen molar-refractivity contribution in [2.24, 2.45) is 5.92 Å². The minimum Gasteiger partial charge on any atom is -0.336 e. The molecule has 1 N–H and O–H groups in total. The second-order valence-corrected chi connectivity index (χ2v) is 6.88. The fourth-order valence-electron chi connectivity index (χ4n) is 3.33. The second-order valence-electron chi connectivity index (χ2n) is 6.88. The van der Waals surface area contributed by atoms with Crippen molar-refractivity contribution in [3.8, 4) is 0 Å². The summed E-state index contributed by atoms with van der Waals surface area (Å²) in [6.07, 6.45) is 2.58. The molecule has 26 heavy (non-hydrogen) atoms. The van der Waals surface area contributed by atoms with E-state index in [0.29, 0.717) is 12.3 Å². The SMILES string of the molecule is CN(CC(=O)Nc1ccccc1C(F)(F)F)C(=O)CCC1CCCCC1. The fourth-order valence-corrected chi connectivity index (χ4v) is 3.33. The van der Waals surface area contributed by atoms with Gasteiger partial charge in [0.2, 0.25) is 11.8 Å². The summed E-state index contributed by atoms with van der Waals surface area (Å²) >= 11 is 0. The van der Waals surface area contributed by atoms with E-state index in [0.717, 1.165) is 25.3 Å².